The van der Waals surface area contributed by atoms with Crippen molar-refractivity contribution >= 4 is 11.8 Å². The van der Waals surface area contributed by atoms with Crippen LogP contribution >= 0.6 is 0 Å². The van der Waals surface area contributed by atoms with Crippen molar-refractivity contribution in [2.24, 2.45) is 0 Å². The molecule has 0 aromatic carbocycles. The summed E-state index contributed by atoms with van der Waals surface area (Å²) in [5.74, 6) is 0.324. The Kier molecular flexibility index (Phi) is 3.09. The van der Waals surface area contributed by atoms with Gasteiger partial charge in [0.05, 0.1) is 11.4 Å². The highest BCUT2D eigenvalue weighted by atomic mass is 16.5. The highest BCUT2D eigenvalue weighted by Gasteiger charge is 2.25. The van der Waals surface area contributed by atoms with E-state index in [1.165, 1.54) is 10.7 Å². The van der Waals surface area contributed by atoms with E-state index in [2.05, 4.69) is 15.6 Å². The average molecular weight is 274 g/mol. The molecule has 0 spiro atoms. The molecule has 0 aliphatic heterocycles. The molecule has 2 aromatic rings. The molecule has 1 N–H and O–H groups in total. The maximum Gasteiger partial charge on any atom is 0.267 e. The van der Waals surface area contributed by atoms with Gasteiger partial charge in [0.1, 0.15) is 6.54 Å². The summed E-state index contributed by atoms with van der Waals surface area (Å²) in [5, 5.41) is 10.4. The van der Waals surface area contributed by atoms with Crippen LogP contribution in [0.25, 0.3) is 0 Å². The smallest absolute Gasteiger partial charge is 0.267 e. The van der Waals surface area contributed by atoms with Crippen LogP contribution in [0.4, 0.5) is 5.88 Å². The third kappa shape index (κ3) is 2.76. The van der Waals surface area contributed by atoms with Gasteiger partial charge in [-0.25, -0.2) is 4.68 Å². The van der Waals surface area contributed by atoms with Crippen molar-refractivity contribution in [1.29, 1.82) is 0 Å². The maximum absolute atomic E-state index is 11.8. The summed E-state index contributed by atoms with van der Waals surface area (Å²) in [6.07, 6.45) is 2.18. The Labute approximate surface area is 114 Å². The summed E-state index contributed by atoms with van der Waals surface area (Å²) in [6.45, 7) is 1.61. The molecule has 1 aliphatic rings. The summed E-state index contributed by atoms with van der Waals surface area (Å²) in [6, 6.07) is 4.79. The molecule has 2 heterocycles. The number of nitrogens with zero attached hydrogens (tertiary/aromatic N) is 3. The molecular formula is C13H14N4O3. The normalized spacial score (nSPS) is 14.2. The van der Waals surface area contributed by atoms with Crippen molar-refractivity contribution in [2.45, 2.75) is 32.2 Å². The first kappa shape index (κ1) is 12.6. The number of aryl methyl sites for hydroxylation is 1. The van der Waals surface area contributed by atoms with Crippen LogP contribution in [-0.2, 0) is 11.3 Å². The fourth-order valence-electron chi connectivity index (χ4n) is 1.91. The van der Waals surface area contributed by atoms with Crippen LogP contribution in [0, 0.1) is 6.92 Å². The van der Waals surface area contributed by atoms with Gasteiger partial charge < -0.3 is 4.52 Å². The number of hydrogen-bond acceptors (Lipinski definition) is 5. The van der Waals surface area contributed by atoms with Crippen LogP contribution in [0.2, 0.25) is 0 Å². The predicted molar refractivity (Wildman–Crippen MR) is 70.3 cm³/mol. The van der Waals surface area contributed by atoms with Crippen molar-refractivity contribution in [2.75, 3.05) is 5.32 Å². The van der Waals surface area contributed by atoms with E-state index < -0.39 is 0 Å². The van der Waals surface area contributed by atoms with E-state index >= 15 is 0 Å². The lowest BCUT2D eigenvalue weighted by Crippen LogP contribution is -2.29. The Balaban J connectivity index is 1.71. The highest BCUT2D eigenvalue weighted by molar-refractivity contribution is 5.89. The second kappa shape index (κ2) is 4.92. The Hall–Kier alpha value is -2.44. The fourth-order valence-corrected chi connectivity index (χ4v) is 1.91. The average Bonchev–Trinajstić information content (AvgIpc) is 3.17. The van der Waals surface area contributed by atoms with Crippen molar-refractivity contribution in [3.8, 4) is 0 Å². The van der Waals surface area contributed by atoms with Crippen LogP contribution in [0.1, 0.15) is 30.1 Å². The standard InChI is InChI=1S/C13H14N4O3/c1-8-6-12(20-16-8)14-11(18)7-17-13(19)5-4-10(15-17)9-2-3-9/h4-6,9H,2-3,7H2,1H3,(H,14,18). The van der Waals surface area contributed by atoms with E-state index in [0.717, 1.165) is 18.5 Å². The van der Waals surface area contributed by atoms with E-state index in [0.29, 0.717) is 11.6 Å². The van der Waals surface area contributed by atoms with Gasteiger partial charge in [-0.1, -0.05) is 5.16 Å². The van der Waals surface area contributed by atoms with Gasteiger partial charge in [-0.2, -0.15) is 5.10 Å². The molecule has 104 valence electrons. The summed E-state index contributed by atoms with van der Waals surface area (Å²) >= 11 is 0. The van der Waals surface area contributed by atoms with Gasteiger partial charge in [0.15, 0.2) is 0 Å². The molecular weight excluding hydrogens is 260 g/mol. The first-order valence-corrected chi connectivity index (χ1v) is 6.43. The Morgan fingerprint density at radius 3 is 2.95 bits per heavy atom. The lowest BCUT2D eigenvalue weighted by atomic mass is 10.3. The third-order valence-corrected chi connectivity index (χ3v) is 3.07. The van der Waals surface area contributed by atoms with Crippen molar-refractivity contribution < 1.29 is 9.32 Å². The first-order valence-electron chi connectivity index (χ1n) is 6.43. The van der Waals surface area contributed by atoms with Gasteiger partial charge in [0.2, 0.25) is 11.8 Å². The van der Waals surface area contributed by atoms with E-state index in [1.54, 1.807) is 19.1 Å². The third-order valence-electron chi connectivity index (χ3n) is 3.07. The van der Waals surface area contributed by atoms with Gasteiger partial charge in [-0.3, -0.25) is 14.9 Å². The molecule has 1 amide bonds. The lowest BCUT2D eigenvalue weighted by molar-refractivity contribution is -0.117. The zero-order valence-corrected chi connectivity index (χ0v) is 11.0. The molecule has 1 saturated carbocycles. The fraction of sp³-hybridized carbons (Fsp3) is 0.385. The Bertz CT molecular complexity index is 700. The van der Waals surface area contributed by atoms with Crippen molar-refractivity contribution in [1.82, 2.24) is 14.9 Å². The largest absolute Gasteiger partial charge is 0.338 e. The first-order chi connectivity index (χ1) is 9.61. The Morgan fingerprint density at radius 1 is 1.50 bits per heavy atom. The second-order valence-corrected chi connectivity index (χ2v) is 4.91. The molecule has 7 nitrogen and oxygen atoms in total. The van der Waals surface area contributed by atoms with Gasteiger partial charge in [0, 0.05) is 18.1 Å². The van der Waals surface area contributed by atoms with E-state index in [9.17, 15) is 9.59 Å². The molecule has 3 rings (SSSR count). The summed E-state index contributed by atoms with van der Waals surface area (Å²) in [5.41, 5.74) is 1.25. The number of hydrogen-bond donors (Lipinski definition) is 1. The number of nitrogens with one attached hydrogen (secondary N) is 1. The zero-order chi connectivity index (χ0) is 14.1. The van der Waals surface area contributed by atoms with Gasteiger partial charge in [-0.15, -0.1) is 0 Å². The predicted octanol–water partition coefficient (Wildman–Crippen LogP) is 1.06. The van der Waals surface area contributed by atoms with Gasteiger partial charge in [-0.05, 0) is 25.8 Å². The molecule has 1 aliphatic carbocycles. The topological polar surface area (TPSA) is 90.0 Å². The maximum atomic E-state index is 11.8. The summed E-state index contributed by atoms with van der Waals surface area (Å²) in [4.78, 5) is 23.5. The van der Waals surface area contributed by atoms with Crippen LogP contribution < -0.4 is 10.9 Å². The molecule has 20 heavy (non-hydrogen) atoms. The van der Waals surface area contributed by atoms with Crippen LogP contribution in [-0.4, -0.2) is 20.8 Å². The molecule has 0 bridgehead atoms. The molecule has 0 saturated heterocycles. The number of rotatable bonds is 4. The minimum atomic E-state index is -0.372. The SMILES string of the molecule is Cc1cc(NC(=O)Cn2nc(C3CC3)ccc2=O)on1. The quantitative estimate of drug-likeness (QED) is 0.900. The minimum absolute atomic E-state index is 0.140. The number of carbonyl (C=O) groups excluding carboxylic acids is 1. The molecule has 1 fully saturated rings. The Morgan fingerprint density at radius 2 is 2.30 bits per heavy atom. The van der Waals surface area contributed by atoms with E-state index in [4.69, 9.17) is 4.52 Å². The molecule has 2 aromatic heterocycles. The number of anilines is 1. The van der Waals surface area contributed by atoms with Gasteiger partial charge >= 0.3 is 0 Å². The summed E-state index contributed by atoms with van der Waals surface area (Å²) in [7, 11) is 0. The van der Waals surface area contributed by atoms with Gasteiger partial charge in [0.25, 0.3) is 5.56 Å². The monoisotopic (exact) mass is 274 g/mol. The van der Waals surface area contributed by atoms with E-state index in [1.807, 2.05) is 0 Å². The molecule has 0 unspecified atom stereocenters. The second-order valence-electron chi connectivity index (χ2n) is 4.91. The number of aromatic nitrogens is 3. The molecule has 0 radical (unpaired) electrons. The molecule has 7 heteroatoms. The van der Waals surface area contributed by atoms with Crippen molar-refractivity contribution in [3.05, 3.63) is 39.9 Å². The zero-order valence-electron chi connectivity index (χ0n) is 11.0. The molecule has 0 atom stereocenters. The minimum Gasteiger partial charge on any atom is -0.338 e. The summed E-state index contributed by atoms with van der Waals surface area (Å²) < 4.78 is 6.06. The highest BCUT2D eigenvalue weighted by Crippen LogP contribution is 2.38. The van der Waals surface area contributed by atoms with Crippen LogP contribution in [0.5, 0.6) is 0 Å². The van der Waals surface area contributed by atoms with Crippen molar-refractivity contribution in [3.63, 3.8) is 0 Å². The van der Waals surface area contributed by atoms with Crippen LogP contribution in [0.15, 0.2) is 27.5 Å². The van der Waals surface area contributed by atoms with E-state index in [-0.39, 0.29) is 23.9 Å². The number of carbonyl (C=O) groups is 1. The van der Waals surface area contributed by atoms with Crippen LogP contribution in [0.3, 0.4) is 0 Å². The number of amides is 1. The lowest BCUT2D eigenvalue weighted by Gasteiger charge is -2.05.